The van der Waals surface area contributed by atoms with Crippen molar-refractivity contribution in [3.8, 4) is 5.75 Å². The lowest BCUT2D eigenvalue weighted by atomic mass is 10.2. The minimum atomic E-state index is -4.14. The fourth-order valence-electron chi connectivity index (χ4n) is 1.65. The topological polar surface area (TPSA) is 82.1 Å². The number of rotatable bonds is 6. The van der Waals surface area contributed by atoms with E-state index in [0.717, 1.165) is 13.2 Å². The summed E-state index contributed by atoms with van der Waals surface area (Å²) in [7, 11) is -3.10. The third-order valence-electron chi connectivity index (χ3n) is 2.43. The van der Waals surface area contributed by atoms with Crippen LogP contribution in [0.2, 0.25) is 5.02 Å². The zero-order valence-corrected chi connectivity index (χ0v) is 13.3. The highest BCUT2D eigenvalue weighted by Gasteiger charge is 2.37. The van der Waals surface area contributed by atoms with E-state index in [1.807, 2.05) is 0 Å². The van der Waals surface area contributed by atoms with Crippen LogP contribution < -0.4 is 5.30 Å². The minimum Gasteiger partial charge on any atom is -0.507 e. The van der Waals surface area contributed by atoms with Gasteiger partial charge in [0.1, 0.15) is 16.6 Å². The molecule has 0 aromatic heterocycles. The fraction of sp³-hybridized carbons (Fsp3) is 0.417. The van der Waals surface area contributed by atoms with Crippen molar-refractivity contribution in [2.45, 2.75) is 13.8 Å². The molecule has 0 aliphatic rings. The number of carbonyl (C=O) groups is 1. The monoisotopic (exact) mass is 340 g/mol. The van der Waals surface area contributed by atoms with Crippen molar-refractivity contribution >= 4 is 30.5 Å². The molecule has 0 atom stereocenters. The molecule has 0 heterocycles. The van der Waals surface area contributed by atoms with Crippen LogP contribution in [0.4, 0.5) is 4.39 Å². The number of ether oxygens (including phenoxy) is 1. The number of halogens is 2. The molecule has 0 saturated carbocycles. The summed E-state index contributed by atoms with van der Waals surface area (Å²) in [6, 6.07) is 0.886. The predicted molar refractivity (Wildman–Crippen MR) is 74.9 cm³/mol. The first-order valence-electron chi connectivity index (χ1n) is 6.01. The van der Waals surface area contributed by atoms with Gasteiger partial charge in [-0.15, -0.1) is 0 Å². The summed E-state index contributed by atoms with van der Waals surface area (Å²) in [5, 5.41) is 8.72. The molecule has 0 spiro atoms. The van der Waals surface area contributed by atoms with Crippen molar-refractivity contribution in [2.75, 3.05) is 20.3 Å². The van der Waals surface area contributed by atoms with Crippen LogP contribution in [-0.2, 0) is 18.3 Å². The lowest BCUT2D eigenvalue weighted by molar-refractivity contribution is 0.0596. The summed E-state index contributed by atoms with van der Waals surface area (Å²) in [6.07, 6.45) is 0. The average molecular weight is 341 g/mol. The van der Waals surface area contributed by atoms with Gasteiger partial charge in [-0.1, -0.05) is 11.6 Å². The number of phenols is 1. The molecule has 0 bridgehead atoms. The number of hydrogen-bond acceptors (Lipinski definition) is 6. The van der Waals surface area contributed by atoms with E-state index < -0.39 is 36.0 Å². The molecule has 0 unspecified atom stereocenters. The molecule has 0 radical (unpaired) electrons. The van der Waals surface area contributed by atoms with Gasteiger partial charge in [-0.2, -0.15) is 0 Å². The van der Waals surface area contributed by atoms with Gasteiger partial charge in [-0.3, -0.25) is 4.57 Å². The standard InChI is InChI=1S/C12H15ClFO6P/c1-4-19-21(17,20-5-2)11-8(15)6-7(13)9(10(11)14)12(16)18-3/h6,15H,4-5H2,1-3H3. The maximum Gasteiger partial charge on any atom is 0.368 e. The molecular weight excluding hydrogens is 326 g/mol. The molecule has 1 rings (SSSR count). The molecule has 21 heavy (non-hydrogen) atoms. The second-order valence-electron chi connectivity index (χ2n) is 3.74. The quantitative estimate of drug-likeness (QED) is 0.633. The number of aromatic hydroxyl groups is 1. The van der Waals surface area contributed by atoms with Gasteiger partial charge in [0.25, 0.3) is 0 Å². The normalized spacial score (nSPS) is 11.5. The van der Waals surface area contributed by atoms with Crippen LogP contribution in [0.1, 0.15) is 24.2 Å². The molecule has 0 aliphatic heterocycles. The van der Waals surface area contributed by atoms with E-state index in [-0.39, 0.29) is 18.2 Å². The van der Waals surface area contributed by atoms with Gasteiger partial charge in [-0.25, -0.2) is 9.18 Å². The van der Waals surface area contributed by atoms with Crippen molar-refractivity contribution < 1.29 is 32.6 Å². The second-order valence-corrected chi connectivity index (χ2v) is 6.11. The zero-order valence-electron chi connectivity index (χ0n) is 11.7. The maximum absolute atomic E-state index is 14.5. The van der Waals surface area contributed by atoms with Crippen molar-refractivity contribution in [1.29, 1.82) is 0 Å². The number of esters is 1. The Labute approximate surface area is 126 Å². The van der Waals surface area contributed by atoms with Crippen molar-refractivity contribution in [2.24, 2.45) is 0 Å². The third-order valence-corrected chi connectivity index (χ3v) is 4.90. The van der Waals surface area contributed by atoms with Crippen LogP contribution in [0.3, 0.4) is 0 Å². The molecule has 0 aliphatic carbocycles. The predicted octanol–water partition coefficient (Wildman–Crippen LogP) is 2.86. The highest BCUT2D eigenvalue weighted by atomic mass is 35.5. The lowest BCUT2D eigenvalue weighted by Crippen LogP contribution is -2.20. The molecule has 118 valence electrons. The molecule has 0 saturated heterocycles. The van der Waals surface area contributed by atoms with Crippen LogP contribution in [-0.4, -0.2) is 31.4 Å². The zero-order chi connectivity index (χ0) is 16.2. The summed E-state index contributed by atoms with van der Waals surface area (Å²) >= 11 is 5.71. The molecule has 1 N–H and O–H groups in total. The van der Waals surface area contributed by atoms with E-state index in [9.17, 15) is 18.9 Å². The van der Waals surface area contributed by atoms with Crippen LogP contribution >= 0.6 is 19.2 Å². The molecule has 6 nitrogen and oxygen atoms in total. The number of benzene rings is 1. The molecule has 1 aromatic rings. The Hall–Kier alpha value is -1.14. The Bertz CT molecular complexity index is 582. The van der Waals surface area contributed by atoms with E-state index in [1.165, 1.54) is 13.8 Å². The van der Waals surface area contributed by atoms with E-state index in [0.29, 0.717) is 0 Å². The SMILES string of the molecule is CCOP(=O)(OCC)c1c(O)cc(Cl)c(C(=O)OC)c1F. The lowest BCUT2D eigenvalue weighted by Gasteiger charge is -2.20. The number of methoxy groups -OCH3 is 1. The third kappa shape index (κ3) is 3.55. The summed E-state index contributed by atoms with van der Waals surface area (Å²) in [4.78, 5) is 11.6. The Morgan fingerprint density at radius 1 is 1.38 bits per heavy atom. The molecule has 1 aromatic carbocycles. The van der Waals surface area contributed by atoms with Gasteiger partial charge in [0.2, 0.25) is 0 Å². The van der Waals surface area contributed by atoms with Crippen LogP contribution in [0.5, 0.6) is 5.75 Å². The van der Waals surface area contributed by atoms with Crippen molar-refractivity contribution in [1.82, 2.24) is 0 Å². The Morgan fingerprint density at radius 2 is 1.90 bits per heavy atom. The Morgan fingerprint density at radius 3 is 2.33 bits per heavy atom. The Kier molecular flexibility index (Phi) is 6.16. The van der Waals surface area contributed by atoms with Crippen LogP contribution in [0, 0.1) is 5.82 Å². The van der Waals surface area contributed by atoms with E-state index in [4.69, 9.17) is 20.6 Å². The molecular formula is C12H15ClFO6P. The summed E-state index contributed by atoms with van der Waals surface area (Å²) in [5.74, 6) is -3.09. The molecule has 9 heteroatoms. The van der Waals surface area contributed by atoms with Crippen LogP contribution in [0.25, 0.3) is 0 Å². The number of hydrogen-bond donors (Lipinski definition) is 1. The van der Waals surface area contributed by atoms with Gasteiger partial charge in [0, 0.05) is 6.07 Å². The first-order chi connectivity index (χ1) is 9.82. The Balaban J connectivity index is 3.62. The molecule has 0 fully saturated rings. The smallest absolute Gasteiger partial charge is 0.368 e. The summed E-state index contributed by atoms with van der Waals surface area (Å²) in [6.45, 7) is 2.95. The number of phenolic OH excluding ortho intramolecular Hbond substituents is 1. The van der Waals surface area contributed by atoms with E-state index in [1.54, 1.807) is 0 Å². The maximum atomic E-state index is 14.5. The van der Waals surface area contributed by atoms with E-state index in [2.05, 4.69) is 4.74 Å². The number of carbonyl (C=O) groups excluding carboxylic acids is 1. The van der Waals surface area contributed by atoms with Gasteiger partial charge < -0.3 is 18.9 Å². The van der Waals surface area contributed by atoms with Gasteiger partial charge >= 0.3 is 13.6 Å². The fourth-order valence-corrected chi connectivity index (χ4v) is 3.63. The highest BCUT2D eigenvalue weighted by Crippen LogP contribution is 2.50. The largest absolute Gasteiger partial charge is 0.507 e. The van der Waals surface area contributed by atoms with Crippen LogP contribution in [0.15, 0.2) is 6.07 Å². The summed E-state index contributed by atoms with van der Waals surface area (Å²) in [5.41, 5.74) is -0.647. The van der Waals surface area contributed by atoms with E-state index >= 15 is 0 Å². The molecule has 0 amide bonds. The van der Waals surface area contributed by atoms with Crippen molar-refractivity contribution in [3.63, 3.8) is 0 Å². The van der Waals surface area contributed by atoms with Gasteiger partial charge in [0.05, 0.1) is 25.3 Å². The summed E-state index contributed by atoms with van der Waals surface area (Å²) < 4.78 is 41.4. The minimum absolute atomic E-state index is 0.0493. The van der Waals surface area contributed by atoms with Gasteiger partial charge in [-0.05, 0) is 13.8 Å². The van der Waals surface area contributed by atoms with Crippen molar-refractivity contribution in [3.05, 3.63) is 22.5 Å². The first kappa shape index (κ1) is 17.9. The highest BCUT2D eigenvalue weighted by molar-refractivity contribution is 7.62. The first-order valence-corrected chi connectivity index (χ1v) is 7.93. The van der Waals surface area contributed by atoms with Gasteiger partial charge in [0.15, 0.2) is 5.82 Å². The second kappa shape index (κ2) is 7.22. The average Bonchev–Trinajstić information content (AvgIpc) is 2.37.